The van der Waals surface area contributed by atoms with Gasteiger partial charge in [0, 0.05) is 30.0 Å². The molecule has 0 aliphatic rings. The summed E-state index contributed by atoms with van der Waals surface area (Å²) in [6.45, 7) is 0.384. The van der Waals surface area contributed by atoms with Gasteiger partial charge in [-0.25, -0.2) is 0 Å². The summed E-state index contributed by atoms with van der Waals surface area (Å²) in [5, 5.41) is 12.9. The second-order valence-corrected chi connectivity index (χ2v) is 5.80. The number of hydrogen-bond donors (Lipinski definition) is 2. The van der Waals surface area contributed by atoms with Gasteiger partial charge in [-0.1, -0.05) is 0 Å². The van der Waals surface area contributed by atoms with Crippen LogP contribution in [0.3, 0.4) is 0 Å². The molecule has 0 radical (unpaired) electrons. The Morgan fingerprint density at radius 3 is 2.86 bits per heavy atom. The van der Waals surface area contributed by atoms with Crippen LogP contribution in [0.25, 0.3) is 0 Å². The largest absolute Gasteiger partial charge is 0.497 e. The third-order valence-electron chi connectivity index (χ3n) is 3.45. The Hall–Kier alpha value is -1.79. The first kappa shape index (κ1) is 16.6. The van der Waals surface area contributed by atoms with Crippen molar-refractivity contribution in [2.75, 3.05) is 13.7 Å². The Labute approximate surface area is 138 Å². The lowest BCUT2D eigenvalue weighted by Crippen LogP contribution is -2.26. The van der Waals surface area contributed by atoms with Crippen molar-refractivity contribution in [2.24, 2.45) is 7.05 Å². The third kappa shape index (κ3) is 3.90. The number of nitrogens with zero attached hydrogens (tertiary/aromatic N) is 1. The molecule has 1 atom stereocenters. The van der Waals surface area contributed by atoms with Crippen molar-refractivity contribution in [1.82, 2.24) is 9.88 Å². The van der Waals surface area contributed by atoms with Crippen molar-refractivity contribution < 1.29 is 14.6 Å². The van der Waals surface area contributed by atoms with Crippen molar-refractivity contribution >= 4 is 21.8 Å². The van der Waals surface area contributed by atoms with Crippen molar-refractivity contribution in [2.45, 2.75) is 12.5 Å². The zero-order valence-corrected chi connectivity index (χ0v) is 14.1. The van der Waals surface area contributed by atoms with E-state index in [1.807, 2.05) is 29.9 Å². The summed E-state index contributed by atoms with van der Waals surface area (Å²) in [6.07, 6.45) is 1.73. The molecule has 0 bridgehead atoms. The highest BCUT2D eigenvalue weighted by molar-refractivity contribution is 9.10. The SMILES string of the molecule is COc1ccc(Br)c(C(=O)NCC[C@@H](O)c2cccn2C)c1. The van der Waals surface area contributed by atoms with Crippen LogP contribution in [-0.4, -0.2) is 29.2 Å². The lowest BCUT2D eigenvalue weighted by Gasteiger charge is -2.13. The van der Waals surface area contributed by atoms with E-state index in [1.165, 1.54) is 0 Å². The Balaban J connectivity index is 1.92. The van der Waals surface area contributed by atoms with Gasteiger partial charge in [0.2, 0.25) is 0 Å². The average Bonchev–Trinajstić information content (AvgIpc) is 2.93. The van der Waals surface area contributed by atoms with Crippen LogP contribution in [0.2, 0.25) is 0 Å². The van der Waals surface area contributed by atoms with Gasteiger partial charge in [0.05, 0.1) is 18.8 Å². The Morgan fingerprint density at radius 2 is 2.23 bits per heavy atom. The first-order chi connectivity index (χ1) is 10.5. The molecule has 2 aromatic rings. The van der Waals surface area contributed by atoms with Crippen LogP contribution in [0.15, 0.2) is 41.0 Å². The lowest BCUT2D eigenvalue weighted by molar-refractivity contribution is 0.0940. The standard InChI is InChI=1S/C16H19BrN2O3/c1-19-9-3-4-14(19)15(20)7-8-18-16(21)12-10-11(22-2)5-6-13(12)17/h3-6,9-10,15,20H,7-8H2,1-2H3,(H,18,21)/t15-/m1/s1. The number of aromatic nitrogens is 1. The van der Waals surface area contributed by atoms with E-state index in [-0.39, 0.29) is 5.91 Å². The molecule has 2 rings (SSSR count). The maximum atomic E-state index is 12.2. The number of halogens is 1. The average molecular weight is 367 g/mol. The van der Waals surface area contributed by atoms with Gasteiger partial charge in [0.1, 0.15) is 5.75 Å². The van der Waals surface area contributed by atoms with Crippen LogP contribution in [-0.2, 0) is 7.05 Å². The van der Waals surface area contributed by atoms with Crippen molar-refractivity contribution in [3.05, 3.63) is 52.3 Å². The molecule has 1 aromatic heterocycles. The van der Waals surface area contributed by atoms with Crippen molar-refractivity contribution in [3.8, 4) is 5.75 Å². The quantitative estimate of drug-likeness (QED) is 0.825. The second-order valence-electron chi connectivity index (χ2n) is 4.95. The number of aliphatic hydroxyl groups excluding tert-OH is 1. The van der Waals surface area contributed by atoms with E-state index in [0.717, 1.165) is 5.69 Å². The summed E-state index contributed by atoms with van der Waals surface area (Å²) in [4.78, 5) is 12.2. The molecule has 0 saturated heterocycles. The summed E-state index contributed by atoms with van der Waals surface area (Å²) in [7, 11) is 3.44. The van der Waals surface area contributed by atoms with Crippen LogP contribution in [0.5, 0.6) is 5.75 Å². The fourth-order valence-electron chi connectivity index (χ4n) is 2.19. The number of methoxy groups -OCH3 is 1. The molecule has 22 heavy (non-hydrogen) atoms. The molecule has 0 spiro atoms. The van der Waals surface area contributed by atoms with E-state index in [2.05, 4.69) is 21.2 Å². The smallest absolute Gasteiger partial charge is 0.252 e. The monoisotopic (exact) mass is 366 g/mol. The molecule has 1 amide bonds. The number of benzene rings is 1. The van der Waals surface area contributed by atoms with E-state index in [0.29, 0.717) is 28.8 Å². The van der Waals surface area contributed by atoms with E-state index >= 15 is 0 Å². The van der Waals surface area contributed by atoms with Gasteiger partial charge in [-0.3, -0.25) is 4.79 Å². The predicted octanol–water partition coefficient (Wildman–Crippen LogP) is 2.65. The molecule has 0 aliphatic carbocycles. The minimum Gasteiger partial charge on any atom is -0.497 e. The highest BCUT2D eigenvalue weighted by Crippen LogP contribution is 2.22. The summed E-state index contributed by atoms with van der Waals surface area (Å²) in [5.41, 5.74) is 1.34. The van der Waals surface area contributed by atoms with Gasteiger partial charge in [0.25, 0.3) is 5.91 Å². The minimum atomic E-state index is -0.603. The van der Waals surface area contributed by atoms with Crippen LogP contribution in [0, 0.1) is 0 Å². The number of aliphatic hydroxyl groups is 1. The first-order valence-corrected chi connectivity index (χ1v) is 7.73. The highest BCUT2D eigenvalue weighted by Gasteiger charge is 2.13. The number of hydrogen-bond acceptors (Lipinski definition) is 3. The molecule has 5 nitrogen and oxygen atoms in total. The number of carbonyl (C=O) groups is 1. The third-order valence-corrected chi connectivity index (χ3v) is 4.14. The topological polar surface area (TPSA) is 63.5 Å². The van der Waals surface area contributed by atoms with Gasteiger partial charge in [-0.15, -0.1) is 0 Å². The molecule has 0 fully saturated rings. The molecule has 6 heteroatoms. The first-order valence-electron chi connectivity index (χ1n) is 6.94. The highest BCUT2D eigenvalue weighted by atomic mass is 79.9. The van der Waals surface area contributed by atoms with E-state index < -0.39 is 6.10 Å². The summed E-state index contributed by atoms with van der Waals surface area (Å²) < 4.78 is 7.69. The number of carbonyl (C=O) groups excluding carboxylic acids is 1. The maximum Gasteiger partial charge on any atom is 0.252 e. The summed E-state index contributed by atoms with van der Waals surface area (Å²) in [6, 6.07) is 8.97. The number of nitrogens with one attached hydrogen (secondary N) is 1. The molecule has 1 aromatic carbocycles. The Kier molecular flexibility index (Phi) is 5.63. The maximum absolute atomic E-state index is 12.2. The van der Waals surface area contributed by atoms with E-state index in [1.54, 1.807) is 25.3 Å². The molecule has 118 valence electrons. The van der Waals surface area contributed by atoms with Gasteiger partial charge in [-0.05, 0) is 52.7 Å². The van der Waals surface area contributed by atoms with E-state index in [9.17, 15) is 9.90 Å². The summed E-state index contributed by atoms with van der Waals surface area (Å²) in [5.74, 6) is 0.419. The van der Waals surface area contributed by atoms with Crippen LogP contribution in [0.1, 0.15) is 28.6 Å². The molecular weight excluding hydrogens is 348 g/mol. The summed E-state index contributed by atoms with van der Waals surface area (Å²) >= 11 is 3.35. The lowest BCUT2D eigenvalue weighted by atomic mass is 10.1. The minimum absolute atomic E-state index is 0.204. The number of ether oxygens (including phenoxy) is 1. The normalized spacial score (nSPS) is 12.0. The van der Waals surface area contributed by atoms with Crippen molar-refractivity contribution in [3.63, 3.8) is 0 Å². The molecule has 1 heterocycles. The predicted molar refractivity (Wildman–Crippen MR) is 88.0 cm³/mol. The molecular formula is C16H19BrN2O3. The van der Waals surface area contributed by atoms with E-state index in [4.69, 9.17) is 4.74 Å². The molecule has 0 unspecified atom stereocenters. The van der Waals surface area contributed by atoms with Gasteiger partial charge >= 0.3 is 0 Å². The number of rotatable bonds is 6. The van der Waals surface area contributed by atoms with Crippen LogP contribution >= 0.6 is 15.9 Å². The Morgan fingerprint density at radius 1 is 1.45 bits per heavy atom. The van der Waals surface area contributed by atoms with Gasteiger partial charge in [0.15, 0.2) is 0 Å². The molecule has 0 aliphatic heterocycles. The number of amides is 1. The molecule has 0 saturated carbocycles. The van der Waals surface area contributed by atoms with Crippen molar-refractivity contribution in [1.29, 1.82) is 0 Å². The van der Waals surface area contributed by atoms with Gasteiger partial charge in [-0.2, -0.15) is 0 Å². The van der Waals surface area contributed by atoms with Gasteiger partial charge < -0.3 is 19.7 Å². The van der Waals surface area contributed by atoms with Crippen LogP contribution < -0.4 is 10.1 Å². The van der Waals surface area contributed by atoms with Crippen LogP contribution in [0.4, 0.5) is 0 Å². The molecule has 2 N–H and O–H groups in total. The fourth-order valence-corrected chi connectivity index (χ4v) is 2.62. The number of aryl methyl sites for hydroxylation is 1. The second kappa shape index (κ2) is 7.47. The zero-order chi connectivity index (χ0) is 16.1. The Bertz CT molecular complexity index is 655. The fraction of sp³-hybridized carbons (Fsp3) is 0.312. The zero-order valence-electron chi connectivity index (χ0n) is 12.5.